The average Bonchev–Trinajstić information content (AvgIpc) is 2.53. The highest BCUT2D eigenvalue weighted by atomic mass is 35.5. The number of halogens is 1. The molecule has 1 aliphatic heterocycles. The lowest BCUT2D eigenvalue weighted by Gasteiger charge is -2.22. The van der Waals surface area contributed by atoms with Crippen molar-refractivity contribution in [2.75, 3.05) is 6.54 Å². The van der Waals surface area contributed by atoms with Gasteiger partial charge in [-0.3, -0.25) is 0 Å². The van der Waals surface area contributed by atoms with Crippen molar-refractivity contribution in [2.45, 2.75) is 25.3 Å². The Kier molecular flexibility index (Phi) is 2.38. The third kappa shape index (κ3) is 1.50. The van der Waals surface area contributed by atoms with Crippen LogP contribution in [-0.4, -0.2) is 6.54 Å². The molecule has 0 radical (unpaired) electrons. The number of piperidine rings is 1. The van der Waals surface area contributed by atoms with Gasteiger partial charge in [-0.05, 0) is 37.1 Å². The Morgan fingerprint density at radius 2 is 2.42 bits per heavy atom. The second-order valence-corrected chi connectivity index (χ2v) is 3.50. The molecule has 66 valence electrons. The summed E-state index contributed by atoms with van der Waals surface area (Å²) in [5.74, 6) is 0. The molecule has 0 bridgehead atoms. The van der Waals surface area contributed by atoms with Gasteiger partial charge in [0.2, 0.25) is 0 Å². The first kappa shape index (κ1) is 8.14. The summed E-state index contributed by atoms with van der Waals surface area (Å²) < 4.78 is 5.04. The molecule has 1 aliphatic rings. The Morgan fingerprint density at radius 3 is 3.00 bits per heavy atom. The molecule has 0 unspecified atom stereocenters. The monoisotopic (exact) mass is 185 g/mol. The first-order valence-electron chi connectivity index (χ1n) is 4.34. The van der Waals surface area contributed by atoms with Crippen LogP contribution >= 0.6 is 11.6 Å². The zero-order chi connectivity index (χ0) is 8.39. The van der Waals surface area contributed by atoms with E-state index in [1.54, 1.807) is 6.26 Å². The lowest BCUT2D eigenvalue weighted by atomic mass is 10.0. The lowest BCUT2D eigenvalue weighted by Crippen LogP contribution is -2.26. The maximum Gasteiger partial charge on any atom is 0.197 e. The minimum absolute atomic E-state index is 0.407. The Morgan fingerprint density at radius 1 is 1.50 bits per heavy atom. The second-order valence-electron chi connectivity index (χ2n) is 3.15. The van der Waals surface area contributed by atoms with Crippen molar-refractivity contribution >= 4 is 11.6 Å². The topological polar surface area (TPSA) is 25.2 Å². The molecule has 1 saturated heterocycles. The van der Waals surface area contributed by atoms with Gasteiger partial charge in [0.25, 0.3) is 0 Å². The molecule has 1 atom stereocenters. The summed E-state index contributed by atoms with van der Waals surface area (Å²) in [6.07, 6.45) is 5.36. The van der Waals surface area contributed by atoms with E-state index in [-0.39, 0.29) is 0 Å². The molecule has 0 aliphatic carbocycles. The third-order valence-electron chi connectivity index (χ3n) is 2.33. The summed E-state index contributed by atoms with van der Waals surface area (Å²) >= 11 is 5.87. The van der Waals surface area contributed by atoms with Crippen molar-refractivity contribution in [3.8, 4) is 0 Å². The van der Waals surface area contributed by atoms with Crippen LogP contribution in [0.15, 0.2) is 16.7 Å². The Balaban J connectivity index is 2.13. The van der Waals surface area contributed by atoms with Gasteiger partial charge in [0.05, 0.1) is 6.26 Å². The molecule has 2 heterocycles. The fourth-order valence-electron chi connectivity index (χ4n) is 1.67. The van der Waals surface area contributed by atoms with Crippen LogP contribution < -0.4 is 5.32 Å². The zero-order valence-electron chi connectivity index (χ0n) is 6.85. The fourth-order valence-corrected chi connectivity index (χ4v) is 1.92. The number of furan rings is 1. The highest BCUT2D eigenvalue weighted by Gasteiger charge is 2.18. The minimum Gasteiger partial charge on any atom is -0.453 e. The summed E-state index contributed by atoms with van der Waals surface area (Å²) in [6.45, 7) is 1.09. The standard InChI is InChI=1S/C9H12ClNO/c10-9-7(4-6-12-9)8-3-1-2-5-11-8/h4,6,8,11H,1-3,5H2/t8-/m0/s1. The summed E-state index contributed by atoms with van der Waals surface area (Å²) in [5.41, 5.74) is 1.11. The highest BCUT2D eigenvalue weighted by molar-refractivity contribution is 6.29. The smallest absolute Gasteiger partial charge is 0.197 e. The van der Waals surface area contributed by atoms with Gasteiger partial charge in [0.1, 0.15) is 0 Å². The Hall–Kier alpha value is -0.470. The summed E-state index contributed by atoms with van der Waals surface area (Å²) in [6, 6.07) is 2.36. The van der Waals surface area contributed by atoms with Crippen LogP contribution in [0.4, 0.5) is 0 Å². The first-order valence-corrected chi connectivity index (χ1v) is 4.72. The first-order chi connectivity index (χ1) is 5.88. The van der Waals surface area contributed by atoms with Crippen LogP contribution in [0.5, 0.6) is 0 Å². The van der Waals surface area contributed by atoms with Gasteiger partial charge in [-0.1, -0.05) is 6.42 Å². The summed E-state index contributed by atoms with van der Waals surface area (Å²) in [5, 5.41) is 3.95. The van der Waals surface area contributed by atoms with E-state index < -0.39 is 0 Å². The largest absolute Gasteiger partial charge is 0.453 e. The van der Waals surface area contributed by atoms with Crippen molar-refractivity contribution < 1.29 is 4.42 Å². The molecular weight excluding hydrogens is 174 g/mol. The van der Waals surface area contributed by atoms with Crippen LogP contribution in [0.1, 0.15) is 30.9 Å². The van der Waals surface area contributed by atoms with Gasteiger partial charge >= 0.3 is 0 Å². The number of nitrogens with one attached hydrogen (secondary N) is 1. The molecular formula is C9H12ClNO. The predicted octanol–water partition coefficient (Wildman–Crippen LogP) is 2.75. The molecule has 1 aromatic heterocycles. The zero-order valence-corrected chi connectivity index (χ0v) is 7.60. The van der Waals surface area contributed by atoms with Crippen molar-refractivity contribution in [2.24, 2.45) is 0 Å². The van der Waals surface area contributed by atoms with E-state index >= 15 is 0 Å². The second kappa shape index (κ2) is 3.50. The van der Waals surface area contributed by atoms with Crippen LogP contribution in [0.2, 0.25) is 5.22 Å². The lowest BCUT2D eigenvalue weighted by molar-refractivity contribution is 0.409. The van der Waals surface area contributed by atoms with Crippen LogP contribution in [-0.2, 0) is 0 Å². The SMILES string of the molecule is Clc1occc1[C@@H]1CCCCN1. The Labute approximate surface area is 76.9 Å². The van der Waals surface area contributed by atoms with Crippen LogP contribution in [0.25, 0.3) is 0 Å². The van der Waals surface area contributed by atoms with Crippen molar-refractivity contribution in [1.82, 2.24) is 5.32 Å². The van der Waals surface area contributed by atoms with E-state index in [2.05, 4.69) is 5.32 Å². The maximum absolute atomic E-state index is 5.87. The van der Waals surface area contributed by atoms with Gasteiger partial charge < -0.3 is 9.73 Å². The van der Waals surface area contributed by atoms with Gasteiger partial charge in [0, 0.05) is 11.6 Å². The highest BCUT2D eigenvalue weighted by Crippen LogP contribution is 2.29. The summed E-state index contributed by atoms with van der Waals surface area (Å²) in [7, 11) is 0. The van der Waals surface area contributed by atoms with E-state index in [4.69, 9.17) is 16.0 Å². The third-order valence-corrected chi connectivity index (χ3v) is 2.64. The molecule has 3 heteroatoms. The molecule has 2 nitrogen and oxygen atoms in total. The van der Waals surface area contributed by atoms with E-state index in [0.717, 1.165) is 12.1 Å². The number of rotatable bonds is 1. The molecule has 1 aromatic rings. The van der Waals surface area contributed by atoms with Crippen molar-refractivity contribution in [1.29, 1.82) is 0 Å². The van der Waals surface area contributed by atoms with Gasteiger partial charge in [-0.25, -0.2) is 0 Å². The molecule has 0 aromatic carbocycles. The predicted molar refractivity (Wildman–Crippen MR) is 48.3 cm³/mol. The molecule has 2 rings (SSSR count). The quantitative estimate of drug-likeness (QED) is 0.728. The normalized spacial score (nSPS) is 24.2. The molecule has 0 spiro atoms. The van der Waals surface area contributed by atoms with Gasteiger partial charge in [-0.2, -0.15) is 0 Å². The van der Waals surface area contributed by atoms with Crippen molar-refractivity contribution in [3.63, 3.8) is 0 Å². The molecule has 1 N–H and O–H groups in total. The van der Waals surface area contributed by atoms with E-state index in [1.807, 2.05) is 6.07 Å². The number of hydrogen-bond donors (Lipinski definition) is 1. The fraction of sp³-hybridized carbons (Fsp3) is 0.556. The average molecular weight is 186 g/mol. The number of hydrogen-bond acceptors (Lipinski definition) is 2. The van der Waals surface area contributed by atoms with Gasteiger partial charge in [0.15, 0.2) is 5.22 Å². The molecule has 0 saturated carbocycles. The molecule has 12 heavy (non-hydrogen) atoms. The van der Waals surface area contributed by atoms with E-state index in [0.29, 0.717) is 11.3 Å². The molecule has 1 fully saturated rings. The van der Waals surface area contributed by atoms with Crippen molar-refractivity contribution in [3.05, 3.63) is 23.1 Å². The Bertz CT molecular complexity index is 253. The maximum atomic E-state index is 5.87. The summed E-state index contributed by atoms with van der Waals surface area (Å²) in [4.78, 5) is 0. The van der Waals surface area contributed by atoms with Gasteiger partial charge in [-0.15, -0.1) is 0 Å². The van der Waals surface area contributed by atoms with Crippen LogP contribution in [0.3, 0.4) is 0 Å². The molecule has 0 amide bonds. The van der Waals surface area contributed by atoms with E-state index in [9.17, 15) is 0 Å². The van der Waals surface area contributed by atoms with Crippen LogP contribution in [0, 0.1) is 0 Å². The van der Waals surface area contributed by atoms with E-state index in [1.165, 1.54) is 19.3 Å². The minimum atomic E-state index is 0.407.